The summed E-state index contributed by atoms with van der Waals surface area (Å²) in [6.07, 6.45) is -4.71. The van der Waals surface area contributed by atoms with Crippen molar-refractivity contribution in [3.63, 3.8) is 0 Å². The predicted molar refractivity (Wildman–Crippen MR) is 65.2 cm³/mol. The van der Waals surface area contributed by atoms with Crippen molar-refractivity contribution >= 4 is 0 Å². The molecule has 108 valence electrons. The summed E-state index contributed by atoms with van der Waals surface area (Å²) in [5.41, 5.74) is -1.84. The molecule has 1 aromatic heterocycles. The molecule has 0 spiro atoms. The molecule has 0 bridgehead atoms. The molecule has 0 aliphatic heterocycles. The summed E-state index contributed by atoms with van der Waals surface area (Å²) in [6, 6.07) is 7.01. The van der Waals surface area contributed by atoms with E-state index in [1.54, 1.807) is 0 Å². The Bertz CT molecular complexity index is 720. The van der Waals surface area contributed by atoms with Crippen molar-refractivity contribution in [3.05, 3.63) is 53.0 Å². The summed E-state index contributed by atoms with van der Waals surface area (Å²) in [5, 5.41) is 8.94. The van der Waals surface area contributed by atoms with Gasteiger partial charge in [-0.3, -0.25) is 0 Å². The number of nitrogens with zero attached hydrogens (tertiary/aromatic N) is 2. The maximum Gasteiger partial charge on any atom is 0.417 e. The first-order valence-electron chi connectivity index (χ1n) is 5.73. The zero-order valence-electron chi connectivity index (χ0n) is 10.7. The van der Waals surface area contributed by atoms with Crippen LogP contribution in [0, 0.1) is 24.1 Å². The van der Waals surface area contributed by atoms with Crippen molar-refractivity contribution in [2.24, 2.45) is 0 Å². The van der Waals surface area contributed by atoms with E-state index >= 15 is 0 Å². The molecule has 0 N–H and O–H groups in total. The molecule has 7 heteroatoms. The number of rotatable bonds is 2. The van der Waals surface area contributed by atoms with Crippen molar-refractivity contribution in [1.29, 1.82) is 5.26 Å². The lowest BCUT2D eigenvalue weighted by Gasteiger charge is -2.13. The Morgan fingerprint density at radius 2 is 1.95 bits per heavy atom. The zero-order valence-corrected chi connectivity index (χ0v) is 10.7. The standard InChI is InChI=1S/C14H8F4N2O/c1-8-5-12(14(16,17)18)11(7-19)13(20-8)21-10-4-2-3-9(15)6-10/h2-6H,1H3. The second-order valence-corrected chi connectivity index (χ2v) is 4.16. The number of ether oxygens (including phenoxy) is 1. The van der Waals surface area contributed by atoms with Crippen molar-refractivity contribution in [1.82, 2.24) is 4.98 Å². The van der Waals surface area contributed by atoms with E-state index < -0.39 is 29.0 Å². The van der Waals surface area contributed by atoms with Gasteiger partial charge in [0.15, 0.2) is 0 Å². The Balaban J connectivity index is 2.54. The summed E-state index contributed by atoms with van der Waals surface area (Å²) >= 11 is 0. The third-order valence-corrected chi connectivity index (χ3v) is 2.54. The van der Waals surface area contributed by atoms with Gasteiger partial charge >= 0.3 is 6.18 Å². The van der Waals surface area contributed by atoms with Gasteiger partial charge in [0, 0.05) is 11.8 Å². The fourth-order valence-corrected chi connectivity index (χ4v) is 1.69. The molecule has 0 aliphatic carbocycles. The van der Waals surface area contributed by atoms with Gasteiger partial charge in [0.1, 0.15) is 23.2 Å². The van der Waals surface area contributed by atoms with Crippen LogP contribution in [0.5, 0.6) is 11.6 Å². The van der Waals surface area contributed by atoms with Crippen molar-refractivity contribution in [2.75, 3.05) is 0 Å². The minimum absolute atomic E-state index is 0.0349. The van der Waals surface area contributed by atoms with Crippen molar-refractivity contribution in [3.8, 4) is 17.7 Å². The van der Waals surface area contributed by atoms with E-state index in [0.29, 0.717) is 0 Å². The molecule has 0 radical (unpaired) electrons. The van der Waals surface area contributed by atoms with E-state index in [9.17, 15) is 17.6 Å². The average molecular weight is 296 g/mol. The lowest BCUT2D eigenvalue weighted by Crippen LogP contribution is -2.10. The van der Waals surface area contributed by atoms with Gasteiger partial charge in [0.2, 0.25) is 5.88 Å². The summed E-state index contributed by atoms with van der Waals surface area (Å²) in [6.45, 7) is 1.34. The SMILES string of the molecule is Cc1cc(C(F)(F)F)c(C#N)c(Oc2cccc(F)c2)n1. The molecule has 0 aliphatic rings. The Labute approximate surface area is 117 Å². The van der Waals surface area contributed by atoms with Crippen LogP contribution in [0.4, 0.5) is 17.6 Å². The van der Waals surface area contributed by atoms with Crippen LogP contribution in [0.2, 0.25) is 0 Å². The van der Waals surface area contributed by atoms with Gasteiger partial charge in [0.05, 0.1) is 5.56 Å². The Morgan fingerprint density at radius 3 is 2.52 bits per heavy atom. The summed E-state index contributed by atoms with van der Waals surface area (Å²) < 4.78 is 56.9. The number of aromatic nitrogens is 1. The van der Waals surface area contributed by atoms with Gasteiger partial charge in [0.25, 0.3) is 0 Å². The summed E-state index contributed by atoms with van der Waals surface area (Å²) in [7, 11) is 0. The highest BCUT2D eigenvalue weighted by Gasteiger charge is 2.36. The van der Waals surface area contributed by atoms with Crippen LogP contribution in [0.3, 0.4) is 0 Å². The van der Waals surface area contributed by atoms with E-state index in [1.165, 1.54) is 25.1 Å². The van der Waals surface area contributed by atoms with Gasteiger partial charge in [-0.1, -0.05) is 6.07 Å². The zero-order chi connectivity index (χ0) is 15.6. The summed E-state index contributed by atoms with van der Waals surface area (Å²) in [4.78, 5) is 3.78. The Hall–Kier alpha value is -2.62. The first-order valence-corrected chi connectivity index (χ1v) is 5.73. The molecule has 0 saturated carbocycles. The van der Waals surface area contributed by atoms with Gasteiger partial charge in [-0.25, -0.2) is 9.37 Å². The minimum Gasteiger partial charge on any atom is -0.438 e. The minimum atomic E-state index is -4.71. The van der Waals surface area contributed by atoms with Crippen LogP contribution in [0.1, 0.15) is 16.8 Å². The number of aryl methyl sites for hydroxylation is 1. The lowest BCUT2D eigenvalue weighted by molar-refractivity contribution is -0.138. The number of halogens is 4. The number of hydrogen-bond acceptors (Lipinski definition) is 3. The van der Waals surface area contributed by atoms with Crippen LogP contribution < -0.4 is 4.74 Å². The molecule has 1 aromatic carbocycles. The molecule has 0 unspecified atom stereocenters. The molecular formula is C14H8F4N2O. The molecule has 0 fully saturated rings. The normalized spacial score (nSPS) is 11.0. The van der Waals surface area contributed by atoms with Gasteiger partial charge in [-0.05, 0) is 25.1 Å². The fourth-order valence-electron chi connectivity index (χ4n) is 1.69. The molecule has 0 amide bonds. The molecule has 3 nitrogen and oxygen atoms in total. The van der Waals surface area contributed by atoms with Crippen LogP contribution in [0.15, 0.2) is 30.3 Å². The molecule has 21 heavy (non-hydrogen) atoms. The monoisotopic (exact) mass is 296 g/mol. The van der Waals surface area contributed by atoms with Crippen molar-refractivity contribution in [2.45, 2.75) is 13.1 Å². The lowest BCUT2D eigenvalue weighted by atomic mass is 10.1. The molecule has 0 atom stereocenters. The smallest absolute Gasteiger partial charge is 0.417 e. The number of benzene rings is 1. The third-order valence-electron chi connectivity index (χ3n) is 2.54. The number of nitriles is 1. The second-order valence-electron chi connectivity index (χ2n) is 4.16. The van der Waals surface area contributed by atoms with Gasteiger partial charge in [-0.2, -0.15) is 18.4 Å². The fraction of sp³-hybridized carbons (Fsp3) is 0.143. The first kappa shape index (κ1) is 14.8. The van der Waals surface area contributed by atoms with E-state index in [0.717, 1.165) is 18.2 Å². The van der Waals surface area contributed by atoms with Crippen LogP contribution in [0.25, 0.3) is 0 Å². The Kier molecular flexibility index (Phi) is 3.80. The topological polar surface area (TPSA) is 45.9 Å². The van der Waals surface area contributed by atoms with Crippen LogP contribution in [-0.2, 0) is 6.18 Å². The van der Waals surface area contributed by atoms with Crippen LogP contribution >= 0.6 is 0 Å². The van der Waals surface area contributed by atoms with E-state index in [1.807, 2.05) is 0 Å². The number of hydrogen-bond donors (Lipinski definition) is 0. The predicted octanol–water partition coefficient (Wildman–Crippen LogP) is 4.21. The third kappa shape index (κ3) is 3.28. The second kappa shape index (κ2) is 5.40. The number of alkyl halides is 3. The maximum atomic E-state index is 13.1. The van der Waals surface area contributed by atoms with E-state index in [2.05, 4.69) is 4.98 Å². The average Bonchev–Trinajstić information content (AvgIpc) is 2.37. The highest BCUT2D eigenvalue weighted by Crippen LogP contribution is 2.36. The molecule has 0 saturated heterocycles. The molecule has 2 aromatic rings. The Morgan fingerprint density at radius 1 is 1.24 bits per heavy atom. The van der Waals surface area contributed by atoms with E-state index in [4.69, 9.17) is 10.00 Å². The molecule has 1 heterocycles. The first-order chi connectivity index (χ1) is 9.81. The highest BCUT2D eigenvalue weighted by atomic mass is 19.4. The maximum absolute atomic E-state index is 13.1. The molecule has 2 rings (SSSR count). The van der Waals surface area contributed by atoms with Gasteiger partial charge < -0.3 is 4.74 Å². The van der Waals surface area contributed by atoms with Crippen LogP contribution in [-0.4, -0.2) is 4.98 Å². The quantitative estimate of drug-likeness (QED) is 0.780. The molecular weight excluding hydrogens is 288 g/mol. The van der Waals surface area contributed by atoms with E-state index in [-0.39, 0.29) is 11.4 Å². The summed E-state index contributed by atoms with van der Waals surface area (Å²) in [5.74, 6) is -1.16. The highest BCUT2D eigenvalue weighted by molar-refractivity contribution is 5.48. The largest absolute Gasteiger partial charge is 0.438 e. The number of pyridine rings is 1. The van der Waals surface area contributed by atoms with Gasteiger partial charge in [-0.15, -0.1) is 0 Å². The van der Waals surface area contributed by atoms with Crippen molar-refractivity contribution < 1.29 is 22.3 Å².